The molecule has 144 valence electrons. The van der Waals surface area contributed by atoms with Crippen molar-refractivity contribution in [2.45, 2.75) is 6.42 Å². The summed E-state index contributed by atoms with van der Waals surface area (Å²) in [6.45, 7) is 1.89. The Balaban J connectivity index is 1.80. The number of H-pyrrole nitrogens is 1. The van der Waals surface area contributed by atoms with Gasteiger partial charge in [0.05, 0.1) is 34.9 Å². The third-order valence-corrected chi connectivity index (χ3v) is 4.80. The molecule has 4 aromatic rings. The minimum absolute atomic E-state index is 0.812. The second-order valence-corrected chi connectivity index (χ2v) is 7.12. The average Bonchev–Trinajstić information content (AvgIpc) is 3.14. The molecular weight excluding hydrogens is 350 g/mol. The van der Waals surface area contributed by atoms with Crippen LogP contribution < -0.4 is 10.1 Å². The van der Waals surface area contributed by atoms with Crippen LogP contribution in [0.5, 0.6) is 5.75 Å². The SMILES string of the molecule is COc1ccc2ncc(-c3nc4ccccc4[nH]3)c(NCCCN(C)C)c2c1. The van der Waals surface area contributed by atoms with E-state index in [1.807, 2.05) is 48.7 Å². The first-order chi connectivity index (χ1) is 13.7. The molecule has 0 spiro atoms. The average molecular weight is 375 g/mol. The molecule has 0 unspecified atom stereocenters. The third-order valence-electron chi connectivity index (χ3n) is 4.80. The zero-order valence-electron chi connectivity index (χ0n) is 16.5. The summed E-state index contributed by atoms with van der Waals surface area (Å²) < 4.78 is 5.44. The molecule has 6 heteroatoms. The fraction of sp³-hybridized carbons (Fsp3) is 0.273. The van der Waals surface area contributed by atoms with Gasteiger partial charge < -0.3 is 19.9 Å². The van der Waals surface area contributed by atoms with Gasteiger partial charge >= 0.3 is 0 Å². The number of hydrogen-bond donors (Lipinski definition) is 2. The van der Waals surface area contributed by atoms with Crippen LogP contribution in [0, 0.1) is 0 Å². The Morgan fingerprint density at radius 2 is 1.96 bits per heavy atom. The number of methoxy groups -OCH3 is 1. The van der Waals surface area contributed by atoms with E-state index >= 15 is 0 Å². The summed E-state index contributed by atoms with van der Waals surface area (Å²) in [6, 6.07) is 14.0. The van der Waals surface area contributed by atoms with Gasteiger partial charge in [0.25, 0.3) is 0 Å². The number of hydrogen-bond acceptors (Lipinski definition) is 5. The molecule has 0 atom stereocenters. The highest BCUT2D eigenvalue weighted by Gasteiger charge is 2.15. The number of fused-ring (bicyclic) bond motifs is 2. The first-order valence-electron chi connectivity index (χ1n) is 9.46. The van der Waals surface area contributed by atoms with Crippen molar-refractivity contribution in [2.75, 3.05) is 39.6 Å². The van der Waals surface area contributed by atoms with Crippen molar-refractivity contribution in [1.82, 2.24) is 19.9 Å². The molecule has 0 saturated heterocycles. The van der Waals surface area contributed by atoms with Gasteiger partial charge in [-0.25, -0.2) is 4.98 Å². The number of rotatable bonds is 7. The van der Waals surface area contributed by atoms with Crippen LogP contribution in [0.4, 0.5) is 5.69 Å². The van der Waals surface area contributed by atoms with E-state index in [0.29, 0.717) is 0 Å². The highest BCUT2D eigenvalue weighted by atomic mass is 16.5. The number of pyridine rings is 1. The maximum absolute atomic E-state index is 5.44. The summed E-state index contributed by atoms with van der Waals surface area (Å²) in [4.78, 5) is 15.0. The second kappa shape index (κ2) is 7.86. The molecule has 0 saturated carbocycles. The topological polar surface area (TPSA) is 66.1 Å². The summed E-state index contributed by atoms with van der Waals surface area (Å²) in [5, 5.41) is 4.65. The Kier molecular flexibility index (Phi) is 5.12. The quantitative estimate of drug-likeness (QED) is 0.475. The van der Waals surface area contributed by atoms with Crippen molar-refractivity contribution < 1.29 is 4.74 Å². The summed E-state index contributed by atoms with van der Waals surface area (Å²) in [5.41, 5.74) is 4.88. The number of anilines is 1. The smallest absolute Gasteiger partial charge is 0.142 e. The predicted molar refractivity (Wildman–Crippen MR) is 115 cm³/mol. The van der Waals surface area contributed by atoms with Gasteiger partial charge in [0.1, 0.15) is 11.6 Å². The zero-order chi connectivity index (χ0) is 19.5. The van der Waals surface area contributed by atoms with Crippen molar-refractivity contribution in [1.29, 1.82) is 0 Å². The number of imidazole rings is 1. The van der Waals surface area contributed by atoms with E-state index < -0.39 is 0 Å². The molecule has 0 aliphatic rings. The molecule has 6 nitrogen and oxygen atoms in total. The van der Waals surface area contributed by atoms with Gasteiger partial charge in [-0.2, -0.15) is 0 Å². The van der Waals surface area contributed by atoms with E-state index in [0.717, 1.165) is 64.3 Å². The second-order valence-electron chi connectivity index (χ2n) is 7.12. The summed E-state index contributed by atoms with van der Waals surface area (Å²) >= 11 is 0. The van der Waals surface area contributed by atoms with E-state index in [1.54, 1.807) is 7.11 Å². The Morgan fingerprint density at radius 3 is 2.75 bits per heavy atom. The molecule has 0 bridgehead atoms. The van der Waals surface area contributed by atoms with Crippen molar-refractivity contribution in [3.63, 3.8) is 0 Å². The monoisotopic (exact) mass is 375 g/mol. The lowest BCUT2D eigenvalue weighted by Crippen LogP contribution is -2.16. The molecule has 0 radical (unpaired) electrons. The van der Waals surface area contributed by atoms with E-state index in [2.05, 4.69) is 34.3 Å². The lowest BCUT2D eigenvalue weighted by molar-refractivity contribution is 0.405. The number of nitrogens with one attached hydrogen (secondary N) is 2. The Bertz CT molecular complexity index is 1070. The number of ether oxygens (including phenoxy) is 1. The third kappa shape index (κ3) is 3.64. The van der Waals surface area contributed by atoms with Gasteiger partial charge in [0.15, 0.2) is 0 Å². The van der Waals surface area contributed by atoms with Crippen molar-refractivity contribution in [2.24, 2.45) is 0 Å². The molecule has 0 aliphatic heterocycles. The number of benzene rings is 2. The van der Waals surface area contributed by atoms with Crippen LogP contribution in [0.15, 0.2) is 48.7 Å². The fourth-order valence-corrected chi connectivity index (χ4v) is 3.36. The molecular formula is C22H25N5O. The first kappa shape index (κ1) is 18.3. The highest BCUT2D eigenvalue weighted by molar-refractivity contribution is 5.99. The summed E-state index contributed by atoms with van der Waals surface area (Å²) in [5.74, 6) is 1.63. The minimum atomic E-state index is 0.812. The summed E-state index contributed by atoms with van der Waals surface area (Å²) in [7, 11) is 5.86. The molecule has 28 heavy (non-hydrogen) atoms. The number of nitrogens with zero attached hydrogens (tertiary/aromatic N) is 3. The predicted octanol–water partition coefficient (Wildman–Crippen LogP) is 4.15. The zero-order valence-corrected chi connectivity index (χ0v) is 16.5. The van der Waals surface area contributed by atoms with Gasteiger partial charge in [0.2, 0.25) is 0 Å². The van der Waals surface area contributed by atoms with Gasteiger partial charge in [-0.1, -0.05) is 12.1 Å². The number of para-hydroxylation sites is 2. The largest absolute Gasteiger partial charge is 0.497 e. The van der Waals surface area contributed by atoms with Crippen LogP contribution in [0.1, 0.15) is 6.42 Å². The van der Waals surface area contributed by atoms with Crippen LogP contribution in [-0.2, 0) is 0 Å². The fourth-order valence-electron chi connectivity index (χ4n) is 3.36. The van der Waals surface area contributed by atoms with Crippen LogP contribution in [0.25, 0.3) is 33.3 Å². The van der Waals surface area contributed by atoms with Crippen molar-refractivity contribution >= 4 is 27.6 Å². The maximum Gasteiger partial charge on any atom is 0.142 e. The van der Waals surface area contributed by atoms with Gasteiger partial charge in [0, 0.05) is 18.1 Å². The lowest BCUT2D eigenvalue weighted by atomic mass is 10.1. The molecule has 2 N–H and O–H groups in total. The summed E-state index contributed by atoms with van der Waals surface area (Å²) in [6.07, 6.45) is 2.93. The lowest BCUT2D eigenvalue weighted by Gasteiger charge is -2.15. The van der Waals surface area contributed by atoms with Crippen LogP contribution >= 0.6 is 0 Å². The van der Waals surface area contributed by atoms with Gasteiger partial charge in [-0.3, -0.25) is 4.98 Å². The van der Waals surface area contributed by atoms with Gasteiger partial charge in [-0.15, -0.1) is 0 Å². The maximum atomic E-state index is 5.44. The normalized spacial score (nSPS) is 11.4. The first-order valence-corrected chi connectivity index (χ1v) is 9.46. The van der Waals surface area contributed by atoms with E-state index in [1.165, 1.54) is 0 Å². The molecule has 2 aromatic heterocycles. The van der Waals surface area contributed by atoms with Crippen molar-refractivity contribution in [3.05, 3.63) is 48.7 Å². The molecule has 0 fully saturated rings. The van der Waals surface area contributed by atoms with Crippen LogP contribution in [0.3, 0.4) is 0 Å². The standard InChI is InChI=1S/C22H25N5O/c1-27(2)12-6-11-23-21-16-13-15(28-3)9-10-18(16)24-14-17(21)22-25-19-7-4-5-8-20(19)26-22/h4-5,7-10,13-14H,6,11-12H2,1-3H3,(H,23,24)(H,25,26). The Labute approximate surface area is 164 Å². The molecule has 2 aromatic carbocycles. The van der Waals surface area contributed by atoms with Crippen LogP contribution in [0.2, 0.25) is 0 Å². The van der Waals surface area contributed by atoms with E-state index in [4.69, 9.17) is 9.72 Å². The molecule has 2 heterocycles. The minimum Gasteiger partial charge on any atom is -0.497 e. The number of aromatic amines is 1. The van der Waals surface area contributed by atoms with Crippen molar-refractivity contribution in [3.8, 4) is 17.1 Å². The number of aromatic nitrogens is 3. The molecule has 4 rings (SSSR count). The van der Waals surface area contributed by atoms with Gasteiger partial charge in [-0.05, 0) is 57.4 Å². The molecule has 0 amide bonds. The van der Waals surface area contributed by atoms with E-state index in [-0.39, 0.29) is 0 Å². The highest BCUT2D eigenvalue weighted by Crippen LogP contribution is 2.34. The Morgan fingerprint density at radius 1 is 1.11 bits per heavy atom. The van der Waals surface area contributed by atoms with E-state index in [9.17, 15) is 0 Å². The van der Waals surface area contributed by atoms with Crippen LogP contribution in [-0.4, -0.2) is 54.1 Å². The Hall–Kier alpha value is -3.12. The molecule has 0 aliphatic carbocycles.